The number of carbonyl (C=O) groups excluding carboxylic acids is 1. The van der Waals surface area contributed by atoms with E-state index >= 15 is 0 Å². The second-order valence-electron chi connectivity index (χ2n) is 3.59. The Morgan fingerprint density at radius 1 is 1.46 bits per heavy atom. The zero-order valence-corrected chi connectivity index (χ0v) is 7.66. The monoisotopic (exact) mass is 175 g/mol. The molecule has 0 aromatic heterocycles. The number of fused-ring (bicyclic) bond motifs is 1. The molecule has 2 rings (SSSR count). The molecule has 2 unspecified atom stereocenters. The third kappa shape index (κ3) is 1.57. The largest absolute Gasteiger partial charge is 0.384 e. The van der Waals surface area contributed by atoms with Crippen molar-refractivity contribution in [2.24, 2.45) is 5.92 Å². The maximum absolute atomic E-state index is 11.0. The Hall–Kier alpha value is -1.31. The van der Waals surface area contributed by atoms with Crippen molar-refractivity contribution in [1.29, 1.82) is 0 Å². The quantitative estimate of drug-likeness (QED) is 0.690. The molecule has 0 saturated heterocycles. The van der Waals surface area contributed by atoms with Gasteiger partial charge in [-0.05, 0) is 18.7 Å². The minimum absolute atomic E-state index is 0.233. The van der Waals surface area contributed by atoms with E-state index < -0.39 is 0 Å². The molecule has 0 bridgehead atoms. The average Bonchev–Trinajstić information content (AvgIpc) is 2.48. The molecule has 2 atom stereocenters. The van der Waals surface area contributed by atoms with Crippen LogP contribution in [-0.4, -0.2) is 11.8 Å². The average molecular weight is 175 g/mol. The van der Waals surface area contributed by atoms with Gasteiger partial charge in [0.15, 0.2) is 0 Å². The van der Waals surface area contributed by atoms with E-state index in [1.54, 1.807) is 6.92 Å². The molecule has 2 heteroatoms. The first-order chi connectivity index (χ1) is 6.27. The molecule has 1 aliphatic heterocycles. The second-order valence-corrected chi connectivity index (χ2v) is 3.59. The molecule has 0 spiro atoms. The van der Waals surface area contributed by atoms with Gasteiger partial charge in [-0.1, -0.05) is 24.3 Å². The third-order valence-corrected chi connectivity index (χ3v) is 2.48. The molecule has 1 N–H and O–H groups in total. The van der Waals surface area contributed by atoms with Crippen molar-refractivity contribution in [3.8, 4) is 0 Å². The van der Waals surface area contributed by atoms with Crippen LogP contribution in [0, 0.1) is 5.92 Å². The molecule has 0 amide bonds. The van der Waals surface area contributed by atoms with E-state index in [2.05, 4.69) is 17.5 Å². The van der Waals surface area contributed by atoms with Crippen LogP contribution in [0.15, 0.2) is 36.1 Å². The van der Waals surface area contributed by atoms with Crippen LogP contribution in [0.3, 0.4) is 0 Å². The summed E-state index contributed by atoms with van der Waals surface area (Å²) in [5.74, 6) is 0.630. The van der Waals surface area contributed by atoms with Crippen LogP contribution in [0.4, 0.5) is 0 Å². The van der Waals surface area contributed by atoms with E-state index in [1.165, 1.54) is 5.57 Å². The Morgan fingerprint density at radius 3 is 3.00 bits per heavy atom. The van der Waals surface area contributed by atoms with Crippen molar-refractivity contribution in [1.82, 2.24) is 5.32 Å². The van der Waals surface area contributed by atoms with E-state index in [0.717, 1.165) is 0 Å². The second kappa shape index (κ2) is 3.21. The van der Waals surface area contributed by atoms with Crippen LogP contribution in [0.5, 0.6) is 0 Å². The lowest BCUT2D eigenvalue weighted by atomic mass is 9.89. The van der Waals surface area contributed by atoms with E-state index in [9.17, 15) is 4.79 Å². The van der Waals surface area contributed by atoms with Gasteiger partial charge in [-0.25, -0.2) is 0 Å². The standard InChI is InChI=1S/C11H13NO/c1-8(13)6-9-7-12-11-5-3-2-4-10(9)11/h2-5,7,10-12H,6H2,1H3. The minimum atomic E-state index is 0.233. The first-order valence-corrected chi connectivity index (χ1v) is 4.57. The van der Waals surface area contributed by atoms with Gasteiger partial charge in [-0.15, -0.1) is 0 Å². The number of carbonyl (C=O) groups is 1. The van der Waals surface area contributed by atoms with E-state index in [4.69, 9.17) is 0 Å². The minimum Gasteiger partial charge on any atom is -0.384 e. The van der Waals surface area contributed by atoms with Gasteiger partial charge < -0.3 is 5.32 Å². The molecular weight excluding hydrogens is 162 g/mol. The Balaban J connectivity index is 2.11. The summed E-state index contributed by atoms with van der Waals surface area (Å²) in [6, 6.07) is 0.374. The van der Waals surface area contributed by atoms with Crippen molar-refractivity contribution < 1.29 is 4.79 Å². The number of allylic oxidation sites excluding steroid dienone is 2. The van der Waals surface area contributed by atoms with Crippen LogP contribution >= 0.6 is 0 Å². The number of nitrogens with one attached hydrogen (secondary N) is 1. The van der Waals surface area contributed by atoms with Crippen molar-refractivity contribution in [2.45, 2.75) is 19.4 Å². The van der Waals surface area contributed by atoms with E-state index in [0.29, 0.717) is 18.4 Å². The molecule has 0 saturated carbocycles. The lowest BCUT2D eigenvalue weighted by Crippen LogP contribution is -2.25. The summed E-state index contributed by atoms with van der Waals surface area (Å²) < 4.78 is 0. The molecule has 0 aromatic carbocycles. The summed E-state index contributed by atoms with van der Waals surface area (Å²) in [7, 11) is 0. The van der Waals surface area contributed by atoms with Crippen LogP contribution in [-0.2, 0) is 4.79 Å². The first kappa shape index (κ1) is 8.30. The predicted molar refractivity (Wildman–Crippen MR) is 52.1 cm³/mol. The zero-order chi connectivity index (χ0) is 9.26. The normalized spacial score (nSPS) is 29.5. The van der Waals surface area contributed by atoms with Gasteiger partial charge in [0.1, 0.15) is 5.78 Å². The number of Topliss-reactive ketones (excluding diaryl/α,β-unsaturated/α-hetero) is 1. The molecule has 2 aliphatic rings. The van der Waals surface area contributed by atoms with Crippen molar-refractivity contribution in [3.63, 3.8) is 0 Å². The number of rotatable bonds is 2. The Bertz CT molecular complexity index is 312. The van der Waals surface area contributed by atoms with Gasteiger partial charge in [0.05, 0.1) is 6.04 Å². The molecule has 2 nitrogen and oxygen atoms in total. The molecule has 0 aromatic rings. The van der Waals surface area contributed by atoms with Gasteiger partial charge >= 0.3 is 0 Å². The van der Waals surface area contributed by atoms with E-state index in [-0.39, 0.29) is 5.78 Å². The molecule has 68 valence electrons. The van der Waals surface area contributed by atoms with Crippen molar-refractivity contribution >= 4 is 5.78 Å². The van der Waals surface area contributed by atoms with Crippen LogP contribution in [0.1, 0.15) is 13.3 Å². The van der Waals surface area contributed by atoms with Gasteiger partial charge in [-0.3, -0.25) is 4.79 Å². The van der Waals surface area contributed by atoms with Crippen molar-refractivity contribution in [3.05, 3.63) is 36.1 Å². The lowest BCUT2D eigenvalue weighted by molar-refractivity contribution is -0.116. The topological polar surface area (TPSA) is 29.1 Å². The number of ketones is 1. The highest BCUT2D eigenvalue weighted by atomic mass is 16.1. The van der Waals surface area contributed by atoms with Crippen LogP contribution in [0.25, 0.3) is 0 Å². The van der Waals surface area contributed by atoms with Crippen LogP contribution < -0.4 is 5.32 Å². The van der Waals surface area contributed by atoms with Gasteiger partial charge in [0.2, 0.25) is 0 Å². The fourth-order valence-electron chi connectivity index (χ4n) is 1.88. The fraction of sp³-hybridized carbons (Fsp3) is 0.364. The SMILES string of the molecule is CC(=O)CC1=CNC2C=CC=CC12. The van der Waals surface area contributed by atoms with E-state index in [1.807, 2.05) is 18.4 Å². The maximum Gasteiger partial charge on any atom is 0.133 e. The number of hydrogen-bond acceptors (Lipinski definition) is 2. The maximum atomic E-state index is 11.0. The first-order valence-electron chi connectivity index (χ1n) is 4.57. The Kier molecular flexibility index (Phi) is 2.05. The highest BCUT2D eigenvalue weighted by Crippen LogP contribution is 2.28. The van der Waals surface area contributed by atoms with Gasteiger partial charge in [0.25, 0.3) is 0 Å². The number of hydrogen-bond donors (Lipinski definition) is 1. The highest BCUT2D eigenvalue weighted by Gasteiger charge is 2.26. The third-order valence-electron chi connectivity index (χ3n) is 2.48. The summed E-state index contributed by atoms with van der Waals surface area (Å²) in [6.07, 6.45) is 10.9. The van der Waals surface area contributed by atoms with Gasteiger partial charge in [-0.2, -0.15) is 0 Å². The molecular formula is C11H13NO. The summed E-state index contributed by atoms with van der Waals surface area (Å²) in [6.45, 7) is 1.64. The van der Waals surface area contributed by atoms with Crippen LogP contribution in [0.2, 0.25) is 0 Å². The summed E-state index contributed by atoms with van der Waals surface area (Å²) in [5.41, 5.74) is 1.21. The zero-order valence-electron chi connectivity index (χ0n) is 7.66. The van der Waals surface area contributed by atoms with Gasteiger partial charge in [0, 0.05) is 12.3 Å². The summed E-state index contributed by atoms with van der Waals surface area (Å²) >= 11 is 0. The fourth-order valence-corrected chi connectivity index (χ4v) is 1.88. The smallest absolute Gasteiger partial charge is 0.133 e. The molecule has 0 radical (unpaired) electrons. The molecule has 13 heavy (non-hydrogen) atoms. The molecule has 1 aliphatic carbocycles. The highest BCUT2D eigenvalue weighted by molar-refractivity contribution is 5.78. The summed E-state index contributed by atoms with van der Waals surface area (Å²) in [4.78, 5) is 11.0. The Morgan fingerprint density at radius 2 is 2.23 bits per heavy atom. The predicted octanol–water partition coefficient (Wildman–Crippen LogP) is 1.56. The molecule has 1 heterocycles. The van der Waals surface area contributed by atoms with Crippen molar-refractivity contribution in [2.75, 3.05) is 0 Å². The summed E-state index contributed by atoms with van der Waals surface area (Å²) in [5, 5.41) is 3.26. The molecule has 0 fully saturated rings. The lowest BCUT2D eigenvalue weighted by Gasteiger charge is -2.18. The Labute approximate surface area is 78.0 Å².